The maximum atomic E-state index is 12.8. The van der Waals surface area contributed by atoms with Gasteiger partial charge in [-0.05, 0) is 53.4 Å². The first kappa shape index (κ1) is 24.4. The Labute approximate surface area is 213 Å². The molecule has 186 valence electrons. The van der Waals surface area contributed by atoms with E-state index >= 15 is 0 Å². The van der Waals surface area contributed by atoms with E-state index in [1.165, 1.54) is 21.9 Å². The predicted octanol–water partition coefficient (Wildman–Crippen LogP) is 5.28. The van der Waals surface area contributed by atoms with Crippen LogP contribution in [0, 0.1) is 5.21 Å². The van der Waals surface area contributed by atoms with E-state index in [4.69, 9.17) is 9.47 Å². The van der Waals surface area contributed by atoms with Crippen LogP contribution in [0.15, 0.2) is 91.1 Å². The average molecular weight is 483 g/mol. The summed E-state index contributed by atoms with van der Waals surface area (Å²) in [6.45, 7) is 3.52. The predicted molar refractivity (Wildman–Crippen MR) is 143 cm³/mol. The van der Waals surface area contributed by atoms with Crippen molar-refractivity contribution in [3.63, 3.8) is 0 Å². The van der Waals surface area contributed by atoms with Crippen molar-refractivity contribution in [2.75, 3.05) is 19.7 Å². The van der Waals surface area contributed by atoms with Crippen LogP contribution in [-0.2, 0) is 29.1 Å². The Bertz CT molecular complexity index is 1260. The van der Waals surface area contributed by atoms with E-state index < -0.39 is 0 Å². The van der Waals surface area contributed by atoms with Gasteiger partial charge in [0.15, 0.2) is 11.9 Å². The Morgan fingerprint density at radius 1 is 0.861 bits per heavy atom. The van der Waals surface area contributed by atoms with Crippen LogP contribution in [0.1, 0.15) is 41.1 Å². The van der Waals surface area contributed by atoms with Crippen molar-refractivity contribution in [2.45, 2.75) is 44.5 Å². The van der Waals surface area contributed by atoms with Gasteiger partial charge in [0, 0.05) is 37.1 Å². The van der Waals surface area contributed by atoms with Gasteiger partial charge in [-0.2, -0.15) is 4.73 Å². The van der Waals surface area contributed by atoms with Gasteiger partial charge in [0.1, 0.15) is 0 Å². The summed E-state index contributed by atoms with van der Waals surface area (Å²) in [5.74, 6) is 0.204. The van der Waals surface area contributed by atoms with Crippen LogP contribution in [-0.4, -0.2) is 25.8 Å². The third-order valence-electron chi connectivity index (χ3n) is 6.98. The zero-order valence-corrected chi connectivity index (χ0v) is 20.6. The number of benzene rings is 3. The smallest absolute Gasteiger partial charge is 0.192 e. The number of fused-ring (bicyclic) bond motifs is 1. The lowest BCUT2D eigenvalue weighted by Crippen LogP contribution is -2.42. The molecule has 0 saturated carbocycles. The molecule has 0 bridgehead atoms. The number of rotatable bonds is 10. The number of nitrogens with zero attached hydrogens (tertiary/aromatic N) is 1. The highest BCUT2D eigenvalue weighted by Crippen LogP contribution is 2.28. The minimum atomic E-state index is 0.0301. The van der Waals surface area contributed by atoms with Crippen LogP contribution in [0.2, 0.25) is 0 Å². The number of aryl methyl sites for hydroxylation is 1. The molecule has 0 spiro atoms. The molecule has 1 aliphatic rings. The molecule has 5 nitrogen and oxygen atoms in total. The Kier molecular flexibility index (Phi) is 8.24. The molecule has 5 heteroatoms. The van der Waals surface area contributed by atoms with Crippen molar-refractivity contribution < 1.29 is 14.2 Å². The number of ether oxygens (including phenoxy) is 2. The normalized spacial score (nSPS) is 17.9. The van der Waals surface area contributed by atoms with E-state index in [9.17, 15) is 5.21 Å². The van der Waals surface area contributed by atoms with E-state index in [0.717, 1.165) is 41.9 Å². The summed E-state index contributed by atoms with van der Waals surface area (Å²) >= 11 is 0. The van der Waals surface area contributed by atoms with E-state index in [1.54, 1.807) is 6.20 Å². The second-order valence-electron chi connectivity index (χ2n) is 9.55. The molecular weight excluding hydrogens is 448 g/mol. The van der Waals surface area contributed by atoms with Gasteiger partial charge in [0.2, 0.25) is 0 Å². The Morgan fingerprint density at radius 3 is 2.56 bits per heavy atom. The molecule has 2 heterocycles. The zero-order chi connectivity index (χ0) is 24.6. The van der Waals surface area contributed by atoms with Crippen LogP contribution in [0.3, 0.4) is 0 Å². The van der Waals surface area contributed by atoms with Gasteiger partial charge in [-0.15, -0.1) is 0 Å². The van der Waals surface area contributed by atoms with Crippen molar-refractivity contribution >= 4 is 10.8 Å². The highest BCUT2D eigenvalue weighted by molar-refractivity contribution is 5.82. The van der Waals surface area contributed by atoms with Gasteiger partial charge in [-0.25, -0.2) is 0 Å². The van der Waals surface area contributed by atoms with Crippen molar-refractivity contribution in [1.82, 2.24) is 5.32 Å². The Hall–Kier alpha value is -3.25. The molecule has 2 atom stereocenters. The summed E-state index contributed by atoms with van der Waals surface area (Å²) in [6.07, 6.45) is 4.26. The van der Waals surface area contributed by atoms with Gasteiger partial charge in [-0.3, -0.25) is 0 Å². The fraction of sp³-hybridized carbons (Fsp3) is 0.323. The molecule has 3 aromatic carbocycles. The summed E-state index contributed by atoms with van der Waals surface area (Å²) in [5, 5.41) is 18.7. The van der Waals surface area contributed by atoms with Crippen molar-refractivity contribution in [3.05, 3.63) is 119 Å². The first-order valence-electron chi connectivity index (χ1n) is 12.9. The Morgan fingerprint density at radius 2 is 1.69 bits per heavy atom. The van der Waals surface area contributed by atoms with Crippen LogP contribution in [0.4, 0.5) is 0 Å². The molecule has 2 unspecified atom stereocenters. The average Bonchev–Trinajstić information content (AvgIpc) is 2.93. The molecule has 1 N–H and O–H groups in total. The standard InChI is InChI=1S/C31H34N2O3/c34-33-21-28(14-15-29(33)11-6-18-35-22-24-7-2-1-3-8-24)30-16-17-32-20-31(30)36-23-25-12-13-26-9-4-5-10-27(26)19-25/h1-5,7-10,12-15,19,21,30-32H,6,11,16-18,20,22-23H2. The molecule has 1 aromatic heterocycles. The summed E-state index contributed by atoms with van der Waals surface area (Å²) in [7, 11) is 0. The topological polar surface area (TPSA) is 57.4 Å². The maximum Gasteiger partial charge on any atom is 0.192 e. The number of hydrogen-bond acceptors (Lipinski definition) is 4. The number of pyridine rings is 1. The second-order valence-corrected chi connectivity index (χ2v) is 9.55. The lowest BCUT2D eigenvalue weighted by molar-refractivity contribution is -0.614. The number of aromatic nitrogens is 1. The third-order valence-corrected chi connectivity index (χ3v) is 6.98. The zero-order valence-electron chi connectivity index (χ0n) is 20.6. The maximum absolute atomic E-state index is 12.8. The second kappa shape index (κ2) is 12.1. The molecule has 0 radical (unpaired) electrons. The van der Waals surface area contributed by atoms with Crippen molar-refractivity contribution in [1.29, 1.82) is 0 Å². The lowest BCUT2D eigenvalue weighted by Gasteiger charge is -2.32. The molecule has 0 amide bonds. The van der Waals surface area contributed by atoms with Crippen LogP contribution in [0.5, 0.6) is 0 Å². The molecule has 0 aliphatic carbocycles. The minimum Gasteiger partial charge on any atom is -0.618 e. The summed E-state index contributed by atoms with van der Waals surface area (Å²) < 4.78 is 13.2. The molecule has 1 saturated heterocycles. The number of piperidine rings is 1. The minimum absolute atomic E-state index is 0.0301. The van der Waals surface area contributed by atoms with E-state index in [-0.39, 0.29) is 12.0 Å². The largest absolute Gasteiger partial charge is 0.618 e. The summed E-state index contributed by atoms with van der Waals surface area (Å²) in [6, 6.07) is 29.1. The van der Waals surface area contributed by atoms with Gasteiger partial charge < -0.3 is 20.0 Å². The van der Waals surface area contributed by atoms with Gasteiger partial charge in [0.25, 0.3) is 0 Å². The quantitative estimate of drug-likeness (QED) is 0.190. The van der Waals surface area contributed by atoms with Crippen molar-refractivity contribution in [3.8, 4) is 0 Å². The van der Waals surface area contributed by atoms with Crippen LogP contribution in [0.25, 0.3) is 10.8 Å². The van der Waals surface area contributed by atoms with Crippen molar-refractivity contribution in [2.24, 2.45) is 0 Å². The summed E-state index contributed by atoms with van der Waals surface area (Å²) in [4.78, 5) is 0. The number of hydrogen-bond donors (Lipinski definition) is 1. The third kappa shape index (κ3) is 6.30. The highest BCUT2D eigenvalue weighted by atomic mass is 16.5. The SMILES string of the molecule is [O-][n+]1cc(C2CCNCC2OCc2ccc3ccccc3c2)ccc1CCCOCc1ccccc1. The monoisotopic (exact) mass is 482 g/mol. The highest BCUT2D eigenvalue weighted by Gasteiger charge is 2.29. The lowest BCUT2D eigenvalue weighted by atomic mass is 9.88. The molecular formula is C31H34N2O3. The molecule has 36 heavy (non-hydrogen) atoms. The molecule has 1 aliphatic heterocycles. The summed E-state index contributed by atoms with van der Waals surface area (Å²) in [5.41, 5.74) is 4.17. The van der Waals surface area contributed by atoms with Gasteiger partial charge in [-0.1, -0.05) is 66.7 Å². The Balaban J connectivity index is 1.15. The molecule has 5 rings (SSSR count). The number of nitrogens with one attached hydrogen (secondary N) is 1. The van der Waals surface area contributed by atoms with Crippen LogP contribution >= 0.6 is 0 Å². The van der Waals surface area contributed by atoms with E-state index in [1.807, 2.05) is 24.3 Å². The van der Waals surface area contributed by atoms with E-state index in [0.29, 0.717) is 26.2 Å². The fourth-order valence-corrected chi connectivity index (χ4v) is 4.98. The van der Waals surface area contributed by atoms with Gasteiger partial charge in [0.05, 0.1) is 19.3 Å². The van der Waals surface area contributed by atoms with E-state index in [2.05, 4.69) is 66.0 Å². The van der Waals surface area contributed by atoms with Gasteiger partial charge >= 0.3 is 0 Å². The molecule has 1 fully saturated rings. The first-order valence-corrected chi connectivity index (χ1v) is 12.9. The fourth-order valence-electron chi connectivity index (χ4n) is 4.98. The van der Waals surface area contributed by atoms with Crippen LogP contribution < -0.4 is 10.0 Å². The molecule has 4 aromatic rings. The first-order chi connectivity index (χ1) is 17.8.